The number of nitrogens with zero attached hydrogens (tertiary/aromatic N) is 3. The fourth-order valence-electron chi connectivity index (χ4n) is 2.82. The molecular formula is C14H16BrN3O2. The lowest BCUT2D eigenvalue weighted by Crippen LogP contribution is -2.30. The van der Waals surface area contributed by atoms with Crippen LogP contribution in [0.15, 0.2) is 22.8 Å². The van der Waals surface area contributed by atoms with E-state index >= 15 is 0 Å². The molecule has 0 radical (unpaired) electrons. The van der Waals surface area contributed by atoms with Gasteiger partial charge < -0.3 is 10.0 Å². The summed E-state index contributed by atoms with van der Waals surface area (Å²) in [5.74, 6) is 0.197. The summed E-state index contributed by atoms with van der Waals surface area (Å²) in [4.78, 5) is 18.1. The van der Waals surface area contributed by atoms with E-state index in [4.69, 9.17) is 0 Å². The zero-order chi connectivity index (χ0) is 14.3. The van der Waals surface area contributed by atoms with Crippen molar-refractivity contribution in [2.75, 3.05) is 20.1 Å². The average Bonchev–Trinajstić information content (AvgIpc) is 2.81. The van der Waals surface area contributed by atoms with Gasteiger partial charge in [-0.3, -0.25) is 4.40 Å². The molecule has 1 fully saturated rings. The van der Waals surface area contributed by atoms with E-state index in [0.29, 0.717) is 11.4 Å². The van der Waals surface area contributed by atoms with Gasteiger partial charge in [0.2, 0.25) is 0 Å². The molecule has 0 aromatic carbocycles. The maximum atomic E-state index is 11.4. The number of rotatable bonds is 2. The number of hydrogen-bond acceptors (Lipinski definition) is 3. The molecule has 1 N–H and O–H groups in total. The van der Waals surface area contributed by atoms with Crippen LogP contribution in [0.3, 0.4) is 0 Å². The first-order valence-electron chi connectivity index (χ1n) is 6.66. The van der Waals surface area contributed by atoms with Crippen LogP contribution < -0.4 is 0 Å². The molecule has 2 aromatic heterocycles. The molecule has 1 saturated heterocycles. The second-order valence-corrected chi connectivity index (χ2v) is 6.08. The summed E-state index contributed by atoms with van der Waals surface area (Å²) in [5, 5.41) is 9.33. The van der Waals surface area contributed by atoms with Crippen LogP contribution in [0.5, 0.6) is 0 Å². The third kappa shape index (κ3) is 2.23. The maximum absolute atomic E-state index is 11.4. The van der Waals surface area contributed by atoms with Crippen molar-refractivity contribution in [3.63, 3.8) is 0 Å². The number of carbonyl (C=O) groups is 1. The number of aromatic carboxylic acids is 1. The Morgan fingerprint density at radius 1 is 1.40 bits per heavy atom. The molecule has 106 valence electrons. The van der Waals surface area contributed by atoms with Crippen LogP contribution >= 0.6 is 15.9 Å². The molecule has 3 rings (SSSR count). The number of fused-ring (bicyclic) bond motifs is 1. The lowest BCUT2D eigenvalue weighted by Gasteiger charge is -2.28. The van der Waals surface area contributed by atoms with E-state index in [0.717, 1.165) is 36.4 Å². The van der Waals surface area contributed by atoms with Gasteiger partial charge in [0.25, 0.3) is 0 Å². The van der Waals surface area contributed by atoms with Crippen molar-refractivity contribution < 1.29 is 9.90 Å². The average molecular weight is 338 g/mol. The molecule has 0 unspecified atom stereocenters. The van der Waals surface area contributed by atoms with Crippen molar-refractivity contribution in [3.05, 3.63) is 34.3 Å². The SMILES string of the molecule is CN1CCC(c2nc(C(=O)O)c3cccc(Br)n23)CC1. The highest BCUT2D eigenvalue weighted by atomic mass is 79.9. The fourth-order valence-corrected chi connectivity index (χ4v) is 3.35. The second-order valence-electron chi connectivity index (χ2n) is 5.27. The van der Waals surface area contributed by atoms with E-state index in [9.17, 15) is 9.90 Å². The lowest BCUT2D eigenvalue weighted by molar-refractivity contribution is 0.0693. The largest absolute Gasteiger partial charge is 0.476 e. The number of carboxylic acids is 1. The Morgan fingerprint density at radius 3 is 2.75 bits per heavy atom. The van der Waals surface area contributed by atoms with Gasteiger partial charge in [-0.05, 0) is 61.0 Å². The maximum Gasteiger partial charge on any atom is 0.356 e. The van der Waals surface area contributed by atoms with E-state index < -0.39 is 5.97 Å². The van der Waals surface area contributed by atoms with E-state index in [1.165, 1.54) is 0 Å². The summed E-state index contributed by atoms with van der Waals surface area (Å²) in [6.45, 7) is 2.04. The molecular weight excluding hydrogens is 322 g/mol. The van der Waals surface area contributed by atoms with Gasteiger partial charge in [0, 0.05) is 5.92 Å². The number of halogens is 1. The number of hydrogen-bond donors (Lipinski definition) is 1. The van der Waals surface area contributed by atoms with Crippen molar-refractivity contribution in [1.82, 2.24) is 14.3 Å². The van der Waals surface area contributed by atoms with Gasteiger partial charge in [-0.25, -0.2) is 9.78 Å². The molecule has 2 aromatic rings. The summed E-state index contributed by atoms with van der Waals surface area (Å²) in [5.41, 5.74) is 0.793. The third-order valence-electron chi connectivity index (χ3n) is 3.93. The summed E-state index contributed by atoms with van der Waals surface area (Å²) in [7, 11) is 2.11. The molecule has 20 heavy (non-hydrogen) atoms. The van der Waals surface area contributed by atoms with Crippen LogP contribution in [0, 0.1) is 0 Å². The first-order valence-corrected chi connectivity index (χ1v) is 7.46. The van der Waals surface area contributed by atoms with Gasteiger partial charge in [0.05, 0.1) is 10.1 Å². The highest BCUT2D eigenvalue weighted by molar-refractivity contribution is 9.10. The Labute approximate surface area is 125 Å². The number of pyridine rings is 1. The predicted octanol–water partition coefficient (Wildman–Crippen LogP) is 2.60. The molecule has 0 aliphatic carbocycles. The first-order chi connectivity index (χ1) is 9.58. The van der Waals surface area contributed by atoms with Gasteiger partial charge in [-0.1, -0.05) is 6.07 Å². The zero-order valence-electron chi connectivity index (χ0n) is 11.2. The van der Waals surface area contributed by atoms with Crippen molar-refractivity contribution in [2.24, 2.45) is 0 Å². The van der Waals surface area contributed by atoms with Crippen molar-refractivity contribution in [1.29, 1.82) is 0 Å². The minimum atomic E-state index is -0.972. The Bertz CT molecular complexity index is 660. The van der Waals surface area contributed by atoms with Gasteiger partial charge in [0.1, 0.15) is 5.82 Å². The summed E-state index contributed by atoms with van der Waals surface area (Å²) in [6, 6.07) is 5.56. The van der Waals surface area contributed by atoms with Gasteiger partial charge in [-0.2, -0.15) is 0 Å². The Morgan fingerprint density at radius 2 is 2.10 bits per heavy atom. The lowest BCUT2D eigenvalue weighted by atomic mass is 9.96. The second kappa shape index (κ2) is 5.18. The topological polar surface area (TPSA) is 57.8 Å². The number of piperidine rings is 1. The van der Waals surface area contributed by atoms with Crippen LogP contribution in [-0.2, 0) is 0 Å². The van der Waals surface area contributed by atoms with Crippen molar-refractivity contribution in [3.8, 4) is 0 Å². The third-order valence-corrected chi connectivity index (χ3v) is 4.55. The standard InChI is InChI=1S/C14H16BrN3O2/c1-17-7-5-9(6-8-17)13-16-12(14(19)20)10-3-2-4-11(15)18(10)13/h2-4,9H,5-8H2,1H3,(H,19,20). The molecule has 0 amide bonds. The van der Waals surface area contributed by atoms with Crippen LogP contribution in [0.1, 0.15) is 35.1 Å². The van der Waals surface area contributed by atoms with Crippen LogP contribution in [0.25, 0.3) is 5.52 Å². The minimum absolute atomic E-state index is 0.139. The number of likely N-dealkylation sites (tertiary alicyclic amines) is 1. The van der Waals surface area contributed by atoms with E-state index in [1.807, 2.05) is 16.5 Å². The monoisotopic (exact) mass is 337 g/mol. The molecule has 0 bridgehead atoms. The molecule has 3 heterocycles. The van der Waals surface area contributed by atoms with Crippen molar-refractivity contribution >= 4 is 27.4 Å². The normalized spacial score (nSPS) is 17.7. The first kappa shape index (κ1) is 13.6. The molecule has 1 aliphatic heterocycles. The Hall–Kier alpha value is -1.40. The number of carboxylic acid groups (broad SMARTS) is 1. The Balaban J connectivity index is 2.13. The smallest absolute Gasteiger partial charge is 0.356 e. The van der Waals surface area contributed by atoms with Gasteiger partial charge in [-0.15, -0.1) is 0 Å². The van der Waals surface area contributed by atoms with E-state index in [2.05, 4.69) is 32.9 Å². The summed E-state index contributed by atoms with van der Waals surface area (Å²) in [6.07, 6.45) is 2.02. The minimum Gasteiger partial charge on any atom is -0.476 e. The highest BCUT2D eigenvalue weighted by Crippen LogP contribution is 2.30. The molecule has 6 heteroatoms. The quantitative estimate of drug-likeness (QED) is 0.856. The van der Waals surface area contributed by atoms with Crippen LogP contribution in [0.4, 0.5) is 0 Å². The van der Waals surface area contributed by atoms with E-state index in [1.54, 1.807) is 6.07 Å². The van der Waals surface area contributed by atoms with Gasteiger partial charge in [0.15, 0.2) is 5.69 Å². The molecule has 1 aliphatic rings. The van der Waals surface area contributed by atoms with Crippen LogP contribution in [0.2, 0.25) is 0 Å². The predicted molar refractivity (Wildman–Crippen MR) is 79.3 cm³/mol. The van der Waals surface area contributed by atoms with Crippen LogP contribution in [-0.4, -0.2) is 45.5 Å². The molecule has 5 nitrogen and oxygen atoms in total. The molecule has 0 saturated carbocycles. The fraction of sp³-hybridized carbons (Fsp3) is 0.429. The summed E-state index contributed by atoms with van der Waals surface area (Å²) >= 11 is 3.51. The summed E-state index contributed by atoms with van der Waals surface area (Å²) < 4.78 is 2.78. The van der Waals surface area contributed by atoms with Crippen molar-refractivity contribution in [2.45, 2.75) is 18.8 Å². The van der Waals surface area contributed by atoms with Gasteiger partial charge >= 0.3 is 5.97 Å². The van der Waals surface area contributed by atoms with E-state index in [-0.39, 0.29) is 5.69 Å². The number of aromatic nitrogens is 2. The zero-order valence-corrected chi connectivity index (χ0v) is 12.8. The molecule has 0 atom stereocenters. The highest BCUT2D eigenvalue weighted by Gasteiger charge is 2.26. The molecule has 0 spiro atoms. The number of imidazole rings is 1. The Kier molecular flexibility index (Phi) is 3.52.